The zero-order valence-electron chi connectivity index (χ0n) is 16.3. The summed E-state index contributed by atoms with van der Waals surface area (Å²) in [5.74, 6) is 1.02. The van der Waals surface area contributed by atoms with Crippen LogP contribution in [0, 0.1) is 5.82 Å². The standard InChI is InChI=1S/C23H21FN2O4/c24-17-5-1-4-15(12-17)18-14-22(30-25-18)23(27)26-9-2-6-19(26)16-7-8-20-21(13-16)29-11-3-10-28-20/h1,4-5,7-8,12-14,19H,2-3,6,9-11H2. The lowest BCUT2D eigenvalue weighted by molar-refractivity contribution is 0.0693. The number of halogens is 1. The normalized spacial score (nSPS) is 18.3. The molecule has 6 nitrogen and oxygen atoms in total. The molecule has 1 saturated heterocycles. The maximum absolute atomic E-state index is 13.5. The molecule has 5 rings (SSSR count). The van der Waals surface area contributed by atoms with Crippen LogP contribution >= 0.6 is 0 Å². The minimum absolute atomic E-state index is 0.0719. The smallest absolute Gasteiger partial charge is 0.292 e. The Morgan fingerprint density at radius 1 is 1.03 bits per heavy atom. The van der Waals surface area contributed by atoms with E-state index in [0.29, 0.717) is 31.0 Å². The summed E-state index contributed by atoms with van der Waals surface area (Å²) in [6.45, 7) is 1.89. The molecule has 2 aliphatic rings. The lowest BCUT2D eigenvalue weighted by atomic mass is 10.0. The van der Waals surface area contributed by atoms with E-state index in [2.05, 4.69) is 5.16 Å². The van der Waals surface area contributed by atoms with E-state index in [1.807, 2.05) is 18.2 Å². The SMILES string of the molecule is O=C(c1cc(-c2cccc(F)c2)no1)N1CCCC1c1ccc2c(c1)OCCCO2. The molecule has 0 saturated carbocycles. The summed E-state index contributed by atoms with van der Waals surface area (Å²) in [5.41, 5.74) is 2.01. The molecule has 1 amide bonds. The van der Waals surface area contributed by atoms with Gasteiger partial charge in [0, 0.05) is 24.6 Å². The van der Waals surface area contributed by atoms with Gasteiger partial charge in [0.25, 0.3) is 5.91 Å². The quantitative estimate of drug-likeness (QED) is 0.633. The third-order valence-corrected chi connectivity index (χ3v) is 5.51. The minimum atomic E-state index is -0.364. The maximum atomic E-state index is 13.5. The number of benzene rings is 2. The van der Waals surface area contributed by atoms with E-state index in [4.69, 9.17) is 14.0 Å². The van der Waals surface area contributed by atoms with Crippen molar-refractivity contribution in [3.05, 3.63) is 65.7 Å². The Morgan fingerprint density at radius 2 is 1.90 bits per heavy atom. The first-order chi connectivity index (χ1) is 14.7. The van der Waals surface area contributed by atoms with E-state index in [0.717, 1.165) is 36.3 Å². The van der Waals surface area contributed by atoms with Crippen molar-refractivity contribution in [3.8, 4) is 22.8 Å². The number of carbonyl (C=O) groups is 1. The maximum Gasteiger partial charge on any atom is 0.292 e. The van der Waals surface area contributed by atoms with Crippen LogP contribution in [0.25, 0.3) is 11.3 Å². The largest absolute Gasteiger partial charge is 0.490 e. The second-order valence-electron chi connectivity index (χ2n) is 7.50. The van der Waals surface area contributed by atoms with Crippen LogP contribution in [0.1, 0.15) is 41.4 Å². The van der Waals surface area contributed by atoms with Gasteiger partial charge in [-0.2, -0.15) is 0 Å². The fraction of sp³-hybridized carbons (Fsp3) is 0.304. The zero-order valence-corrected chi connectivity index (χ0v) is 16.3. The molecule has 0 bridgehead atoms. The zero-order chi connectivity index (χ0) is 20.5. The van der Waals surface area contributed by atoms with Gasteiger partial charge in [0.2, 0.25) is 5.76 Å². The molecule has 154 valence electrons. The molecule has 0 N–H and O–H groups in total. The summed E-state index contributed by atoms with van der Waals surface area (Å²) in [4.78, 5) is 14.9. The Labute approximate surface area is 173 Å². The second-order valence-corrected chi connectivity index (χ2v) is 7.50. The van der Waals surface area contributed by atoms with Crippen LogP contribution in [0.15, 0.2) is 53.1 Å². The highest BCUT2D eigenvalue weighted by molar-refractivity contribution is 5.93. The first kappa shape index (κ1) is 18.7. The van der Waals surface area contributed by atoms with Gasteiger partial charge in [0.1, 0.15) is 11.5 Å². The van der Waals surface area contributed by atoms with Gasteiger partial charge in [-0.1, -0.05) is 23.4 Å². The molecule has 1 unspecified atom stereocenters. The predicted molar refractivity (Wildman–Crippen MR) is 107 cm³/mol. The molecular formula is C23H21FN2O4. The van der Waals surface area contributed by atoms with E-state index in [-0.39, 0.29) is 23.5 Å². The van der Waals surface area contributed by atoms with Crippen LogP contribution < -0.4 is 9.47 Å². The lowest BCUT2D eigenvalue weighted by Crippen LogP contribution is -2.30. The van der Waals surface area contributed by atoms with Crippen molar-refractivity contribution in [1.29, 1.82) is 0 Å². The number of nitrogens with zero attached hydrogens (tertiary/aromatic N) is 2. The highest BCUT2D eigenvalue weighted by Crippen LogP contribution is 2.38. The summed E-state index contributed by atoms with van der Waals surface area (Å²) in [6.07, 6.45) is 2.60. The number of ether oxygens (including phenoxy) is 2. The van der Waals surface area contributed by atoms with Crippen molar-refractivity contribution in [3.63, 3.8) is 0 Å². The molecule has 7 heteroatoms. The van der Waals surface area contributed by atoms with Crippen LogP contribution in [0.2, 0.25) is 0 Å². The van der Waals surface area contributed by atoms with Gasteiger partial charge in [0.15, 0.2) is 11.5 Å². The van der Waals surface area contributed by atoms with Gasteiger partial charge in [-0.15, -0.1) is 0 Å². The Kier molecular flexibility index (Phi) is 4.86. The van der Waals surface area contributed by atoms with Crippen molar-refractivity contribution < 1.29 is 23.2 Å². The number of hydrogen-bond acceptors (Lipinski definition) is 5. The Balaban J connectivity index is 1.39. The molecule has 0 spiro atoms. The highest BCUT2D eigenvalue weighted by Gasteiger charge is 2.33. The molecule has 0 aliphatic carbocycles. The second kappa shape index (κ2) is 7.82. The fourth-order valence-electron chi connectivity index (χ4n) is 4.04. The van der Waals surface area contributed by atoms with Crippen molar-refractivity contribution in [2.24, 2.45) is 0 Å². The summed E-state index contributed by atoms with van der Waals surface area (Å²) >= 11 is 0. The summed E-state index contributed by atoms with van der Waals surface area (Å²) in [5, 5.41) is 3.96. The first-order valence-electron chi connectivity index (χ1n) is 10.1. The van der Waals surface area contributed by atoms with Crippen molar-refractivity contribution >= 4 is 5.91 Å². The molecule has 3 heterocycles. The molecule has 1 aromatic heterocycles. The number of aromatic nitrogens is 1. The highest BCUT2D eigenvalue weighted by atomic mass is 19.1. The number of amides is 1. The third-order valence-electron chi connectivity index (χ3n) is 5.51. The van der Waals surface area contributed by atoms with Gasteiger partial charge < -0.3 is 18.9 Å². The van der Waals surface area contributed by atoms with Gasteiger partial charge in [0.05, 0.1) is 19.3 Å². The Bertz CT molecular complexity index is 1080. The fourth-order valence-corrected chi connectivity index (χ4v) is 4.04. The minimum Gasteiger partial charge on any atom is -0.490 e. The average Bonchev–Trinajstić information content (AvgIpc) is 3.39. The van der Waals surface area contributed by atoms with E-state index >= 15 is 0 Å². The number of likely N-dealkylation sites (tertiary alicyclic amines) is 1. The third kappa shape index (κ3) is 3.51. The van der Waals surface area contributed by atoms with E-state index < -0.39 is 0 Å². The molecule has 1 fully saturated rings. The first-order valence-corrected chi connectivity index (χ1v) is 10.1. The Hall–Kier alpha value is -3.35. The molecule has 3 aromatic rings. The van der Waals surface area contributed by atoms with Gasteiger partial charge in [-0.3, -0.25) is 4.79 Å². The van der Waals surface area contributed by atoms with E-state index in [1.165, 1.54) is 12.1 Å². The molecule has 30 heavy (non-hydrogen) atoms. The van der Waals surface area contributed by atoms with Crippen LogP contribution in [0.3, 0.4) is 0 Å². The van der Waals surface area contributed by atoms with Crippen molar-refractivity contribution in [2.75, 3.05) is 19.8 Å². The molecular weight excluding hydrogens is 387 g/mol. The van der Waals surface area contributed by atoms with Crippen LogP contribution in [0.4, 0.5) is 4.39 Å². The van der Waals surface area contributed by atoms with Crippen molar-refractivity contribution in [2.45, 2.75) is 25.3 Å². The number of fused-ring (bicyclic) bond motifs is 1. The summed E-state index contributed by atoms with van der Waals surface area (Å²) < 4.78 is 30.3. The van der Waals surface area contributed by atoms with E-state index in [1.54, 1.807) is 23.1 Å². The van der Waals surface area contributed by atoms with Gasteiger partial charge >= 0.3 is 0 Å². The number of hydrogen-bond donors (Lipinski definition) is 0. The molecule has 0 radical (unpaired) electrons. The number of rotatable bonds is 3. The summed E-state index contributed by atoms with van der Waals surface area (Å²) in [7, 11) is 0. The topological polar surface area (TPSA) is 64.8 Å². The van der Waals surface area contributed by atoms with Crippen LogP contribution in [-0.2, 0) is 0 Å². The van der Waals surface area contributed by atoms with E-state index in [9.17, 15) is 9.18 Å². The summed E-state index contributed by atoms with van der Waals surface area (Å²) in [6, 6.07) is 13.4. The molecule has 2 aliphatic heterocycles. The Morgan fingerprint density at radius 3 is 2.77 bits per heavy atom. The number of carbonyl (C=O) groups excluding carboxylic acids is 1. The van der Waals surface area contributed by atoms with Gasteiger partial charge in [-0.25, -0.2) is 4.39 Å². The lowest BCUT2D eigenvalue weighted by Gasteiger charge is -2.24. The monoisotopic (exact) mass is 408 g/mol. The van der Waals surface area contributed by atoms with Crippen LogP contribution in [-0.4, -0.2) is 35.7 Å². The molecule has 2 aromatic carbocycles. The van der Waals surface area contributed by atoms with Gasteiger partial charge in [-0.05, 0) is 42.7 Å². The predicted octanol–water partition coefficient (Wildman–Crippen LogP) is 4.62. The van der Waals surface area contributed by atoms with Crippen molar-refractivity contribution in [1.82, 2.24) is 10.1 Å². The average molecular weight is 408 g/mol. The molecule has 1 atom stereocenters. The van der Waals surface area contributed by atoms with Crippen LogP contribution in [0.5, 0.6) is 11.5 Å².